The SMILES string of the molecule is [Li+].[Na+].[O-]Cc1[c-]ccc(Cl)c1. The summed E-state index contributed by atoms with van der Waals surface area (Å²) in [5.74, 6) is 0. The number of benzene rings is 1. The van der Waals surface area contributed by atoms with E-state index in [-0.39, 0.29) is 55.0 Å². The van der Waals surface area contributed by atoms with Crippen LogP contribution < -0.4 is 53.5 Å². The molecule has 0 aliphatic carbocycles. The van der Waals surface area contributed by atoms with Crippen molar-refractivity contribution in [3.63, 3.8) is 0 Å². The molecule has 0 amide bonds. The average Bonchev–Trinajstić information content (AvgIpc) is 1.88. The Labute approximate surface area is 106 Å². The molecule has 0 spiro atoms. The van der Waals surface area contributed by atoms with Crippen molar-refractivity contribution in [1.29, 1.82) is 0 Å². The molecule has 0 aliphatic heterocycles. The fourth-order valence-electron chi connectivity index (χ4n) is 0.568. The van der Waals surface area contributed by atoms with Gasteiger partial charge in [-0.1, -0.05) is 5.02 Å². The fourth-order valence-corrected chi connectivity index (χ4v) is 0.763. The van der Waals surface area contributed by atoms with E-state index in [9.17, 15) is 5.11 Å². The van der Waals surface area contributed by atoms with Gasteiger partial charge in [0.05, 0.1) is 0 Å². The van der Waals surface area contributed by atoms with E-state index in [0.717, 1.165) is 0 Å². The van der Waals surface area contributed by atoms with E-state index in [1.165, 1.54) is 0 Å². The van der Waals surface area contributed by atoms with Gasteiger partial charge in [-0.25, -0.2) is 0 Å². The first-order chi connectivity index (χ1) is 4.33. The Balaban J connectivity index is 0. The van der Waals surface area contributed by atoms with E-state index in [2.05, 4.69) is 6.07 Å². The summed E-state index contributed by atoms with van der Waals surface area (Å²) in [7, 11) is 0. The predicted molar refractivity (Wildman–Crippen MR) is 34.0 cm³/mol. The molecule has 0 aromatic heterocycles. The third kappa shape index (κ3) is 5.33. The predicted octanol–water partition coefficient (Wildman–Crippen LogP) is -4.99. The zero-order chi connectivity index (χ0) is 6.69. The first kappa shape index (κ1) is 14.6. The van der Waals surface area contributed by atoms with Gasteiger partial charge in [0, 0.05) is 0 Å². The largest absolute Gasteiger partial charge is 1.00 e. The summed E-state index contributed by atoms with van der Waals surface area (Å²) in [6, 6.07) is 7.73. The Morgan fingerprint density at radius 2 is 2.18 bits per heavy atom. The minimum Gasteiger partial charge on any atom is -0.853 e. The summed E-state index contributed by atoms with van der Waals surface area (Å²) in [5, 5.41) is 10.8. The van der Waals surface area contributed by atoms with E-state index in [1.807, 2.05) is 0 Å². The van der Waals surface area contributed by atoms with Crippen LogP contribution in [0.25, 0.3) is 0 Å². The molecule has 0 bridgehead atoms. The van der Waals surface area contributed by atoms with E-state index in [1.54, 1.807) is 18.2 Å². The van der Waals surface area contributed by atoms with Gasteiger partial charge < -0.3 is 5.11 Å². The molecule has 1 aromatic rings. The topological polar surface area (TPSA) is 23.1 Å². The van der Waals surface area contributed by atoms with Crippen LogP contribution in [0, 0.1) is 6.07 Å². The standard InChI is InChI=1S/C7H5ClO.Li.Na/c8-7-3-1-2-6(4-7)5-9;;/h1,3-4H,5H2;;/q-2;2*+1. The maximum atomic E-state index is 10.2. The molecule has 0 unspecified atom stereocenters. The Morgan fingerprint density at radius 3 is 2.55 bits per heavy atom. The van der Waals surface area contributed by atoms with Crippen LogP contribution in [0.4, 0.5) is 0 Å². The van der Waals surface area contributed by atoms with Gasteiger partial charge in [0.15, 0.2) is 0 Å². The molecule has 4 heteroatoms. The first-order valence-corrected chi connectivity index (χ1v) is 2.95. The number of hydrogen-bond acceptors (Lipinski definition) is 1. The molecule has 11 heavy (non-hydrogen) atoms. The first-order valence-electron chi connectivity index (χ1n) is 2.57. The summed E-state index contributed by atoms with van der Waals surface area (Å²) in [6.45, 7) is -0.249. The second-order valence-electron chi connectivity index (χ2n) is 1.68. The smallest absolute Gasteiger partial charge is 0.853 e. The van der Waals surface area contributed by atoms with Crippen LogP contribution in [0.15, 0.2) is 18.2 Å². The second-order valence-corrected chi connectivity index (χ2v) is 2.11. The molecule has 1 aromatic carbocycles. The number of hydrogen-bond donors (Lipinski definition) is 0. The third-order valence-corrected chi connectivity index (χ3v) is 1.21. The van der Waals surface area contributed by atoms with Crippen molar-refractivity contribution in [2.75, 3.05) is 0 Å². The van der Waals surface area contributed by atoms with Crippen molar-refractivity contribution in [2.24, 2.45) is 0 Å². The minimum absolute atomic E-state index is 0. The van der Waals surface area contributed by atoms with Crippen LogP contribution in [-0.4, -0.2) is 0 Å². The summed E-state index contributed by atoms with van der Waals surface area (Å²) >= 11 is 5.56. The van der Waals surface area contributed by atoms with Gasteiger partial charge in [-0.05, 0) is 0 Å². The molecule has 0 saturated heterocycles. The number of halogens is 1. The molecule has 0 heterocycles. The molecule has 0 radical (unpaired) electrons. The summed E-state index contributed by atoms with van der Waals surface area (Å²) in [5.41, 5.74) is 0.613. The van der Waals surface area contributed by atoms with E-state index >= 15 is 0 Å². The van der Waals surface area contributed by atoms with Gasteiger partial charge in [-0.3, -0.25) is 0 Å². The molecule has 0 saturated carbocycles. The van der Waals surface area contributed by atoms with Crippen molar-refractivity contribution in [3.8, 4) is 0 Å². The van der Waals surface area contributed by atoms with Crippen LogP contribution in [0.3, 0.4) is 0 Å². The maximum Gasteiger partial charge on any atom is 1.00 e. The van der Waals surface area contributed by atoms with Crippen LogP contribution in [0.2, 0.25) is 5.02 Å². The zero-order valence-electron chi connectivity index (χ0n) is 6.73. The van der Waals surface area contributed by atoms with Gasteiger partial charge >= 0.3 is 48.4 Å². The molecule has 0 atom stereocenters. The van der Waals surface area contributed by atoms with Gasteiger partial charge in [-0.15, -0.1) is 18.2 Å². The van der Waals surface area contributed by atoms with Gasteiger partial charge in [-0.2, -0.15) is 29.8 Å². The van der Waals surface area contributed by atoms with Crippen molar-refractivity contribution in [1.82, 2.24) is 0 Å². The van der Waals surface area contributed by atoms with Gasteiger partial charge in [0.25, 0.3) is 0 Å². The average molecular weight is 170 g/mol. The van der Waals surface area contributed by atoms with Crippen molar-refractivity contribution < 1.29 is 53.5 Å². The summed E-state index contributed by atoms with van der Waals surface area (Å²) < 4.78 is 0. The molecule has 0 aliphatic rings. The van der Waals surface area contributed by atoms with Crippen molar-refractivity contribution >= 4 is 11.6 Å². The van der Waals surface area contributed by atoms with E-state index < -0.39 is 0 Å². The van der Waals surface area contributed by atoms with Gasteiger partial charge in [0.2, 0.25) is 0 Å². The van der Waals surface area contributed by atoms with Gasteiger partial charge in [0.1, 0.15) is 0 Å². The molecule has 0 N–H and O–H groups in total. The monoisotopic (exact) mass is 170 g/mol. The van der Waals surface area contributed by atoms with Crippen molar-refractivity contribution in [2.45, 2.75) is 6.61 Å². The van der Waals surface area contributed by atoms with Crippen molar-refractivity contribution in [3.05, 3.63) is 34.9 Å². The van der Waals surface area contributed by atoms with Crippen LogP contribution in [0.1, 0.15) is 5.56 Å². The Morgan fingerprint density at radius 1 is 1.55 bits per heavy atom. The number of rotatable bonds is 1. The molecule has 1 rings (SSSR count). The Bertz CT molecular complexity index is 207. The molecule has 48 valence electrons. The molecular weight excluding hydrogens is 165 g/mol. The molecule has 0 fully saturated rings. The third-order valence-electron chi connectivity index (χ3n) is 0.979. The Hall–Kier alpha value is 1.07. The van der Waals surface area contributed by atoms with E-state index in [0.29, 0.717) is 10.6 Å². The summed E-state index contributed by atoms with van der Waals surface area (Å²) in [6.07, 6.45) is 0. The van der Waals surface area contributed by atoms with Crippen LogP contribution in [-0.2, 0) is 6.61 Å². The van der Waals surface area contributed by atoms with Crippen LogP contribution in [0.5, 0.6) is 0 Å². The second kappa shape index (κ2) is 7.70. The normalized spacial score (nSPS) is 7.82. The minimum atomic E-state index is -0.249. The quantitative estimate of drug-likeness (QED) is 0.306. The maximum absolute atomic E-state index is 10.2. The van der Waals surface area contributed by atoms with Crippen LogP contribution >= 0.6 is 11.6 Å². The Kier molecular flexibility index (Phi) is 10.2. The zero-order valence-corrected chi connectivity index (χ0v) is 9.48. The fraction of sp³-hybridized carbons (Fsp3) is 0.143. The van der Waals surface area contributed by atoms with E-state index in [4.69, 9.17) is 11.6 Å². The summed E-state index contributed by atoms with van der Waals surface area (Å²) in [4.78, 5) is 0. The molecule has 1 nitrogen and oxygen atoms in total. The molecular formula is C7H5ClLiNaO.